The molecule has 1 aliphatic rings. The number of methoxy groups -OCH3 is 1. The van der Waals surface area contributed by atoms with Crippen LogP contribution >= 0.6 is 0 Å². The fourth-order valence-corrected chi connectivity index (χ4v) is 5.51. The van der Waals surface area contributed by atoms with Crippen LogP contribution in [-0.2, 0) is 27.4 Å². The quantitative estimate of drug-likeness (QED) is 0.135. The molecule has 0 N–H and O–H groups in total. The Morgan fingerprint density at radius 2 is 1.79 bits per heavy atom. The van der Waals surface area contributed by atoms with Crippen molar-refractivity contribution < 1.29 is 23.8 Å². The number of carbonyl (C=O) groups excluding carboxylic acids is 2. The number of nitrogens with zero attached hydrogens (tertiary/aromatic N) is 6. The zero-order valence-electron chi connectivity index (χ0n) is 26.6. The molecule has 3 heterocycles. The van der Waals surface area contributed by atoms with Gasteiger partial charge in [-0.2, -0.15) is 5.26 Å². The molecule has 1 amide bonds. The Hall–Kier alpha value is -5.76. The highest BCUT2D eigenvalue weighted by atomic mass is 16.6. The average Bonchev–Trinajstić information content (AvgIpc) is 3.12. The molecule has 2 aromatic heterocycles. The van der Waals surface area contributed by atoms with Gasteiger partial charge in [0.2, 0.25) is 11.8 Å². The summed E-state index contributed by atoms with van der Waals surface area (Å²) < 4.78 is 16.3. The zero-order valence-corrected chi connectivity index (χ0v) is 26.6. The second-order valence-electron chi connectivity index (χ2n) is 10.8. The van der Waals surface area contributed by atoms with Crippen molar-refractivity contribution in [3.05, 3.63) is 113 Å². The van der Waals surface area contributed by atoms with E-state index < -0.39 is 12.1 Å². The highest BCUT2D eigenvalue weighted by molar-refractivity contribution is 5.90. The molecule has 47 heavy (non-hydrogen) atoms. The lowest BCUT2D eigenvalue weighted by Gasteiger charge is -2.43. The highest BCUT2D eigenvalue weighted by Gasteiger charge is 2.40. The smallest absolute Gasteiger partial charge is 0.414 e. The van der Waals surface area contributed by atoms with Crippen LogP contribution in [-0.4, -0.2) is 46.8 Å². The summed E-state index contributed by atoms with van der Waals surface area (Å²) in [7, 11) is 1.54. The number of ether oxygens (including phenoxy) is 3. The first-order valence-electron chi connectivity index (χ1n) is 15.4. The van der Waals surface area contributed by atoms with Crippen LogP contribution in [0.15, 0.2) is 85.2 Å². The summed E-state index contributed by atoms with van der Waals surface area (Å²) in [6.45, 7) is 4.58. The number of aromatic nitrogens is 3. The van der Waals surface area contributed by atoms with Crippen molar-refractivity contribution in [3.8, 4) is 11.9 Å². The number of hydrogen-bond donors (Lipinski definition) is 0. The fourth-order valence-electron chi connectivity index (χ4n) is 5.51. The molecular formula is C36H36N6O5. The number of nitriles is 1. The summed E-state index contributed by atoms with van der Waals surface area (Å²) >= 11 is 0. The first-order chi connectivity index (χ1) is 22.9. The molecule has 0 saturated heterocycles. The maximum atomic E-state index is 13.2. The SMILES string of the molecule is CCOC(=O)N1c2ccc(OC)nc2C(N(Cc2cccc(C#N)c2)c2ncc(/C=C/C(=O)OCc3ccccc3)cn2)C[C@H]1CC. The first kappa shape index (κ1) is 32.6. The lowest BCUT2D eigenvalue weighted by molar-refractivity contribution is -0.138. The van der Waals surface area contributed by atoms with Gasteiger partial charge in [-0.25, -0.2) is 24.5 Å². The summed E-state index contributed by atoms with van der Waals surface area (Å²) in [4.78, 5) is 43.4. The van der Waals surface area contributed by atoms with Gasteiger partial charge in [0.25, 0.3) is 0 Å². The van der Waals surface area contributed by atoms with Crippen molar-refractivity contribution in [2.24, 2.45) is 0 Å². The molecule has 11 nitrogen and oxygen atoms in total. The molecule has 0 bridgehead atoms. The predicted octanol–water partition coefficient (Wildman–Crippen LogP) is 6.40. The van der Waals surface area contributed by atoms with E-state index in [9.17, 15) is 14.9 Å². The molecular weight excluding hydrogens is 596 g/mol. The van der Waals surface area contributed by atoms with Gasteiger partial charge in [-0.3, -0.25) is 4.90 Å². The van der Waals surface area contributed by atoms with E-state index in [1.54, 1.807) is 49.5 Å². The largest absolute Gasteiger partial charge is 0.481 e. The normalized spacial score (nSPS) is 15.4. The van der Waals surface area contributed by atoms with Gasteiger partial charge in [-0.05, 0) is 55.2 Å². The Kier molecular flexibility index (Phi) is 10.8. The summed E-state index contributed by atoms with van der Waals surface area (Å²) in [6.07, 6.45) is 6.96. The molecule has 5 rings (SSSR count). The van der Waals surface area contributed by atoms with E-state index in [2.05, 4.69) is 6.07 Å². The van der Waals surface area contributed by atoms with Gasteiger partial charge < -0.3 is 19.1 Å². The van der Waals surface area contributed by atoms with E-state index in [-0.39, 0.29) is 25.3 Å². The maximum absolute atomic E-state index is 13.2. The van der Waals surface area contributed by atoms with Crippen molar-refractivity contribution >= 4 is 29.8 Å². The lowest BCUT2D eigenvalue weighted by Crippen LogP contribution is -2.48. The van der Waals surface area contributed by atoms with Crippen molar-refractivity contribution in [2.45, 2.75) is 51.9 Å². The van der Waals surface area contributed by atoms with Gasteiger partial charge in [0.1, 0.15) is 6.61 Å². The summed E-state index contributed by atoms with van der Waals surface area (Å²) in [5.74, 6) is 0.336. The Balaban J connectivity index is 1.48. The van der Waals surface area contributed by atoms with Gasteiger partial charge in [0.05, 0.1) is 42.8 Å². The predicted molar refractivity (Wildman–Crippen MR) is 176 cm³/mol. The van der Waals surface area contributed by atoms with Crippen molar-refractivity contribution in [3.63, 3.8) is 0 Å². The molecule has 240 valence electrons. The van der Waals surface area contributed by atoms with E-state index in [0.717, 1.165) is 11.1 Å². The maximum Gasteiger partial charge on any atom is 0.414 e. The Morgan fingerprint density at radius 3 is 2.49 bits per heavy atom. The van der Waals surface area contributed by atoms with Gasteiger partial charge in [-0.1, -0.05) is 49.4 Å². The molecule has 0 aliphatic carbocycles. The Labute approximate surface area is 274 Å². The minimum absolute atomic E-state index is 0.176. The van der Waals surface area contributed by atoms with E-state index in [1.807, 2.05) is 66.4 Å². The number of amides is 1. The molecule has 0 radical (unpaired) electrons. The van der Waals surface area contributed by atoms with Gasteiger partial charge in [0.15, 0.2) is 0 Å². The van der Waals surface area contributed by atoms with Crippen LogP contribution in [0.1, 0.15) is 60.7 Å². The zero-order chi connectivity index (χ0) is 33.2. The number of carbonyl (C=O) groups is 2. The Morgan fingerprint density at radius 1 is 1.02 bits per heavy atom. The first-order valence-corrected chi connectivity index (χ1v) is 15.4. The molecule has 2 atom stereocenters. The summed E-state index contributed by atoms with van der Waals surface area (Å²) in [5.41, 5.74) is 4.16. The van der Waals surface area contributed by atoms with Gasteiger partial charge in [-0.15, -0.1) is 0 Å². The van der Waals surface area contributed by atoms with Crippen LogP contribution in [0.25, 0.3) is 6.08 Å². The third-order valence-electron chi connectivity index (χ3n) is 7.79. The third-order valence-corrected chi connectivity index (χ3v) is 7.79. The van der Waals surface area contributed by atoms with Crippen molar-refractivity contribution in [1.82, 2.24) is 15.0 Å². The number of esters is 1. The fraction of sp³-hybridized carbons (Fsp3) is 0.278. The molecule has 4 aromatic rings. The molecule has 0 saturated carbocycles. The molecule has 0 fully saturated rings. The van der Waals surface area contributed by atoms with Crippen LogP contribution in [0.5, 0.6) is 5.88 Å². The van der Waals surface area contributed by atoms with Crippen molar-refractivity contribution in [1.29, 1.82) is 5.26 Å². The van der Waals surface area contributed by atoms with Crippen LogP contribution < -0.4 is 14.5 Å². The third kappa shape index (κ3) is 7.91. The average molecular weight is 633 g/mol. The van der Waals surface area contributed by atoms with Crippen molar-refractivity contribution in [2.75, 3.05) is 23.5 Å². The van der Waals surface area contributed by atoms with Gasteiger partial charge >= 0.3 is 12.1 Å². The Bertz CT molecular complexity index is 1760. The monoisotopic (exact) mass is 632 g/mol. The molecule has 1 unspecified atom stereocenters. The van der Waals surface area contributed by atoms with E-state index >= 15 is 0 Å². The second-order valence-corrected chi connectivity index (χ2v) is 10.8. The van der Waals surface area contributed by atoms with E-state index in [4.69, 9.17) is 29.2 Å². The molecule has 1 aliphatic heterocycles. The number of fused-ring (bicyclic) bond motifs is 1. The van der Waals surface area contributed by atoms with Crippen LogP contribution in [0, 0.1) is 11.3 Å². The second kappa shape index (κ2) is 15.5. The van der Waals surface area contributed by atoms with Crippen LogP contribution in [0.4, 0.5) is 16.4 Å². The van der Waals surface area contributed by atoms with Crippen LogP contribution in [0.2, 0.25) is 0 Å². The molecule has 11 heteroatoms. The highest BCUT2D eigenvalue weighted by Crippen LogP contribution is 2.43. The summed E-state index contributed by atoms with van der Waals surface area (Å²) in [5, 5.41) is 9.55. The number of anilines is 2. The summed E-state index contributed by atoms with van der Waals surface area (Å²) in [6, 6.07) is 22.0. The molecule has 2 aromatic carbocycles. The number of hydrogen-bond acceptors (Lipinski definition) is 10. The van der Waals surface area contributed by atoms with Gasteiger partial charge in [0, 0.05) is 42.7 Å². The standard InChI is InChI=1S/C36H36N6O5/c1-4-29-19-31(34-30(15-16-32(40-34)45-3)42(29)36(44)46-5-2)41(23-27-13-9-12-26(18-27)20-37)35-38-21-28(22-39-35)14-17-33(43)47-24-25-10-7-6-8-11-25/h6-18,21-22,29,31H,4-5,19,23-24H2,1-3H3/b17-14+/t29-,31?/m1/s1. The minimum Gasteiger partial charge on any atom is -0.481 e. The minimum atomic E-state index is -0.479. The number of benzene rings is 2. The topological polar surface area (TPSA) is 131 Å². The van der Waals surface area contributed by atoms with Crippen LogP contribution in [0.3, 0.4) is 0 Å². The number of rotatable bonds is 11. The molecule has 0 spiro atoms. The van der Waals surface area contributed by atoms with E-state index in [1.165, 1.54) is 6.08 Å². The number of pyridine rings is 1. The van der Waals surface area contributed by atoms with E-state index in [0.29, 0.717) is 53.7 Å². The lowest BCUT2D eigenvalue weighted by atomic mass is 9.92.